The molecule has 0 amide bonds. The molecule has 0 bridgehead atoms. The Morgan fingerprint density at radius 1 is 0.825 bits per heavy atom. The Morgan fingerprint density at radius 3 is 2.17 bits per heavy atom. The van der Waals surface area contributed by atoms with Crippen molar-refractivity contribution in [3.05, 3.63) is 143 Å². The van der Waals surface area contributed by atoms with E-state index < -0.39 is 0 Å². The van der Waals surface area contributed by atoms with Crippen LogP contribution in [0.3, 0.4) is 0 Å². The monoisotopic (exact) mass is 544 g/mol. The van der Waals surface area contributed by atoms with Crippen molar-refractivity contribution in [2.24, 2.45) is 0 Å². The number of pyridine rings is 1. The molecule has 2 atom stereocenters. The molecule has 2 aromatic heterocycles. The minimum absolute atomic E-state index is 0.0676. The highest BCUT2D eigenvalue weighted by Gasteiger charge is 2.42. The molecular formula is C34H32N4OS. The van der Waals surface area contributed by atoms with Gasteiger partial charge in [0.15, 0.2) is 5.11 Å². The van der Waals surface area contributed by atoms with Crippen molar-refractivity contribution in [1.29, 1.82) is 0 Å². The van der Waals surface area contributed by atoms with Gasteiger partial charge in [0.05, 0.1) is 17.8 Å². The molecule has 1 N–H and O–H groups in total. The molecule has 5 aromatic rings. The van der Waals surface area contributed by atoms with Gasteiger partial charge in [0, 0.05) is 29.8 Å². The van der Waals surface area contributed by atoms with Gasteiger partial charge in [-0.3, -0.25) is 4.98 Å². The van der Waals surface area contributed by atoms with Gasteiger partial charge in [0.25, 0.3) is 0 Å². The summed E-state index contributed by atoms with van der Waals surface area (Å²) in [4.78, 5) is 6.94. The summed E-state index contributed by atoms with van der Waals surface area (Å²) in [5, 5.41) is 4.27. The minimum atomic E-state index is -0.0946. The van der Waals surface area contributed by atoms with Crippen LogP contribution in [0.5, 0.6) is 11.5 Å². The van der Waals surface area contributed by atoms with Crippen LogP contribution in [-0.2, 0) is 6.54 Å². The fourth-order valence-electron chi connectivity index (χ4n) is 5.50. The number of aromatic nitrogens is 2. The summed E-state index contributed by atoms with van der Waals surface area (Å²) >= 11 is 5.96. The largest absolute Gasteiger partial charge is 0.457 e. The van der Waals surface area contributed by atoms with E-state index in [0.717, 1.165) is 29.4 Å². The second-order valence-corrected chi connectivity index (χ2v) is 10.7. The average molecular weight is 545 g/mol. The highest BCUT2D eigenvalue weighted by atomic mass is 32.1. The first-order chi connectivity index (χ1) is 19.5. The third-order valence-electron chi connectivity index (χ3n) is 7.58. The van der Waals surface area contributed by atoms with E-state index in [2.05, 4.69) is 102 Å². The molecule has 0 spiro atoms. The summed E-state index contributed by atoms with van der Waals surface area (Å²) in [5.41, 5.74) is 8.12. The predicted octanol–water partition coefficient (Wildman–Crippen LogP) is 7.83. The first kappa shape index (κ1) is 25.8. The van der Waals surface area contributed by atoms with Gasteiger partial charge in [0.1, 0.15) is 11.5 Å². The lowest BCUT2D eigenvalue weighted by atomic mass is 9.96. The zero-order chi connectivity index (χ0) is 27.6. The molecular weight excluding hydrogens is 512 g/mol. The average Bonchev–Trinajstić information content (AvgIpc) is 3.46. The zero-order valence-corrected chi connectivity index (χ0v) is 23.7. The van der Waals surface area contributed by atoms with Gasteiger partial charge in [-0.25, -0.2) is 0 Å². The van der Waals surface area contributed by atoms with Crippen LogP contribution in [-0.4, -0.2) is 14.7 Å². The Bertz CT molecular complexity index is 1610. The van der Waals surface area contributed by atoms with Crippen LogP contribution < -0.4 is 15.0 Å². The summed E-state index contributed by atoms with van der Waals surface area (Å²) in [5.74, 6) is 1.60. The molecule has 0 radical (unpaired) electrons. The van der Waals surface area contributed by atoms with E-state index in [1.54, 1.807) is 0 Å². The van der Waals surface area contributed by atoms with Crippen molar-refractivity contribution in [3.63, 3.8) is 0 Å². The number of nitrogens with one attached hydrogen (secondary N) is 1. The highest BCUT2D eigenvalue weighted by molar-refractivity contribution is 7.80. The number of rotatable bonds is 7. The van der Waals surface area contributed by atoms with Crippen LogP contribution in [0, 0.1) is 20.8 Å². The maximum atomic E-state index is 6.09. The molecule has 6 rings (SSSR count). The molecule has 1 saturated heterocycles. The molecule has 40 heavy (non-hydrogen) atoms. The molecule has 3 aromatic carbocycles. The lowest BCUT2D eigenvalue weighted by Gasteiger charge is -2.28. The fraction of sp³-hybridized carbons (Fsp3) is 0.176. The molecule has 5 nitrogen and oxygen atoms in total. The number of nitrogens with zero attached hydrogens (tertiary/aromatic N) is 3. The maximum absolute atomic E-state index is 6.09. The van der Waals surface area contributed by atoms with Gasteiger partial charge >= 0.3 is 0 Å². The molecule has 0 saturated carbocycles. The van der Waals surface area contributed by atoms with Gasteiger partial charge in [-0.15, -0.1) is 0 Å². The Balaban J connectivity index is 1.37. The molecule has 1 aliphatic rings. The second-order valence-electron chi connectivity index (χ2n) is 10.3. The van der Waals surface area contributed by atoms with Crippen LogP contribution in [0.1, 0.15) is 45.9 Å². The second kappa shape index (κ2) is 11.0. The Labute approximate surface area is 241 Å². The Kier molecular flexibility index (Phi) is 7.10. The number of thiocarbonyl (C=S) groups is 1. The molecule has 6 heteroatoms. The minimum Gasteiger partial charge on any atom is -0.457 e. The molecule has 1 aliphatic heterocycles. The summed E-state index contributed by atoms with van der Waals surface area (Å²) < 4.78 is 8.48. The van der Waals surface area contributed by atoms with Crippen molar-refractivity contribution in [3.8, 4) is 11.5 Å². The van der Waals surface area contributed by atoms with Crippen molar-refractivity contribution < 1.29 is 4.74 Å². The summed E-state index contributed by atoms with van der Waals surface area (Å²) in [6.07, 6.45) is 1.84. The SMILES string of the molecule is Cc1ccc(Oc2ccc(N3C(=S)N[C@H](c4ccccn4)[C@@H]3c3cc(C)n(Cc4ccccc4)c3C)cc2)cc1. The topological polar surface area (TPSA) is 42.3 Å². The van der Waals surface area contributed by atoms with E-state index in [9.17, 15) is 0 Å². The number of anilines is 1. The first-order valence-electron chi connectivity index (χ1n) is 13.5. The van der Waals surface area contributed by atoms with Crippen LogP contribution in [0.4, 0.5) is 5.69 Å². The molecule has 200 valence electrons. The van der Waals surface area contributed by atoms with E-state index in [4.69, 9.17) is 21.9 Å². The summed E-state index contributed by atoms with van der Waals surface area (Å²) in [6.45, 7) is 7.28. The van der Waals surface area contributed by atoms with Gasteiger partial charge in [-0.2, -0.15) is 0 Å². The lowest BCUT2D eigenvalue weighted by Crippen LogP contribution is -2.29. The molecule has 0 aliphatic carbocycles. The maximum Gasteiger partial charge on any atom is 0.174 e. The lowest BCUT2D eigenvalue weighted by molar-refractivity contribution is 0.482. The van der Waals surface area contributed by atoms with E-state index in [1.807, 2.05) is 42.6 Å². The van der Waals surface area contributed by atoms with Gasteiger partial charge in [-0.1, -0.05) is 54.1 Å². The van der Waals surface area contributed by atoms with Crippen molar-refractivity contribution in [2.45, 2.75) is 39.4 Å². The van der Waals surface area contributed by atoms with Gasteiger partial charge in [-0.05, 0) is 98.7 Å². The molecule has 1 fully saturated rings. The zero-order valence-electron chi connectivity index (χ0n) is 22.9. The van der Waals surface area contributed by atoms with E-state index in [-0.39, 0.29) is 12.1 Å². The number of hydrogen-bond acceptors (Lipinski definition) is 3. The van der Waals surface area contributed by atoms with Gasteiger partial charge < -0.3 is 19.5 Å². The number of benzene rings is 3. The number of aryl methyl sites for hydroxylation is 2. The van der Waals surface area contributed by atoms with E-state index in [0.29, 0.717) is 5.11 Å². The smallest absolute Gasteiger partial charge is 0.174 e. The highest BCUT2D eigenvalue weighted by Crippen LogP contribution is 2.43. The van der Waals surface area contributed by atoms with Gasteiger partial charge in [0.2, 0.25) is 0 Å². The van der Waals surface area contributed by atoms with Crippen molar-refractivity contribution >= 4 is 23.0 Å². The molecule has 0 unspecified atom stereocenters. The van der Waals surface area contributed by atoms with Crippen LogP contribution in [0.15, 0.2) is 109 Å². The quantitative estimate of drug-likeness (QED) is 0.212. The van der Waals surface area contributed by atoms with Crippen molar-refractivity contribution in [2.75, 3.05) is 4.90 Å². The summed E-state index contributed by atoms with van der Waals surface area (Å²) in [7, 11) is 0. The van der Waals surface area contributed by atoms with E-state index in [1.165, 1.54) is 28.1 Å². The fourth-order valence-corrected chi connectivity index (χ4v) is 5.85. The predicted molar refractivity (Wildman–Crippen MR) is 165 cm³/mol. The number of ether oxygens (including phenoxy) is 1. The third-order valence-corrected chi connectivity index (χ3v) is 7.90. The van der Waals surface area contributed by atoms with E-state index >= 15 is 0 Å². The Morgan fingerprint density at radius 2 is 1.50 bits per heavy atom. The first-order valence-corrected chi connectivity index (χ1v) is 13.9. The normalized spacial score (nSPS) is 16.7. The van der Waals surface area contributed by atoms with Crippen LogP contribution in [0.2, 0.25) is 0 Å². The summed E-state index contributed by atoms with van der Waals surface area (Å²) in [6, 6.07) is 35.0. The standard InChI is InChI=1S/C34H32N4OS/c1-23-12-16-28(17-13-23)39-29-18-14-27(15-19-29)38-33(32(36-34(38)40)31-11-7-8-20-35-31)30-21-24(2)37(25(30)3)22-26-9-5-4-6-10-26/h4-21,32-33H,22H2,1-3H3,(H,36,40)/t32-,33+/m1/s1. The third kappa shape index (κ3) is 5.10. The van der Waals surface area contributed by atoms with Crippen molar-refractivity contribution in [1.82, 2.24) is 14.9 Å². The molecule has 3 heterocycles. The number of hydrogen-bond donors (Lipinski definition) is 1. The van der Waals surface area contributed by atoms with Crippen LogP contribution in [0.25, 0.3) is 0 Å². The Hall–Kier alpha value is -4.42. The van der Waals surface area contributed by atoms with Crippen LogP contribution >= 0.6 is 12.2 Å².